The number of nitrogens with zero attached hydrogens (tertiary/aromatic N) is 3. The molecule has 0 atom stereocenters. The van der Waals surface area contributed by atoms with E-state index in [9.17, 15) is 4.79 Å². The first-order valence-electron chi connectivity index (χ1n) is 11.1. The van der Waals surface area contributed by atoms with Crippen LogP contribution in [0.1, 0.15) is 24.0 Å². The zero-order valence-corrected chi connectivity index (χ0v) is 18.6. The molecular formula is C24H33N3O2S. The second kappa shape index (κ2) is 11.0. The summed E-state index contributed by atoms with van der Waals surface area (Å²) in [5, 5.41) is 4.35. The van der Waals surface area contributed by atoms with Gasteiger partial charge in [0.2, 0.25) is 5.91 Å². The molecule has 0 bridgehead atoms. The van der Waals surface area contributed by atoms with Gasteiger partial charge in [-0.25, -0.2) is 0 Å². The average molecular weight is 428 g/mol. The average Bonchev–Trinajstić information content (AvgIpc) is 3.29. The molecule has 0 unspecified atom stereocenters. The number of rotatable bonds is 8. The molecule has 2 fully saturated rings. The molecule has 2 aliphatic heterocycles. The van der Waals surface area contributed by atoms with Crippen LogP contribution < -0.4 is 0 Å². The Bertz CT molecular complexity index is 754. The van der Waals surface area contributed by atoms with Gasteiger partial charge in [-0.2, -0.15) is 11.3 Å². The van der Waals surface area contributed by atoms with E-state index in [0.29, 0.717) is 12.5 Å². The first kappa shape index (κ1) is 21.5. The highest BCUT2D eigenvalue weighted by atomic mass is 32.1. The summed E-state index contributed by atoms with van der Waals surface area (Å²) in [5.41, 5.74) is 2.66. The molecule has 2 saturated heterocycles. The number of piperazine rings is 1. The van der Waals surface area contributed by atoms with Gasteiger partial charge in [0.15, 0.2) is 0 Å². The smallest absolute Gasteiger partial charge is 0.236 e. The molecule has 0 aliphatic carbocycles. The van der Waals surface area contributed by atoms with Crippen molar-refractivity contribution in [3.63, 3.8) is 0 Å². The predicted octanol–water partition coefficient (Wildman–Crippen LogP) is 3.32. The standard InChI is InChI=1S/C24H33N3O2S/c28-24(27-11-9-25(10-12-27)18-23-8-15-30-20-23)19-26(16-21-4-2-1-3-5-21)17-22-6-13-29-14-7-22/h1-5,8,15,20,22H,6-7,9-14,16-19H2. The number of carbonyl (C=O) groups excluding carboxylic acids is 1. The molecule has 1 amide bonds. The Balaban J connectivity index is 1.30. The van der Waals surface area contributed by atoms with E-state index in [2.05, 4.69) is 55.8 Å². The minimum absolute atomic E-state index is 0.271. The van der Waals surface area contributed by atoms with Crippen LogP contribution in [0.2, 0.25) is 0 Å². The van der Waals surface area contributed by atoms with Gasteiger partial charge < -0.3 is 9.64 Å². The van der Waals surface area contributed by atoms with E-state index >= 15 is 0 Å². The van der Waals surface area contributed by atoms with E-state index in [4.69, 9.17) is 4.74 Å². The fourth-order valence-electron chi connectivity index (χ4n) is 4.41. The lowest BCUT2D eigenvalue weighted by Crippen LogP contribution is -2.51. The molecular weight excluding hydrogens is 394 g/mol. The van der Waals surface area contributed by atoms with Crippen LogP contribution in [0.4, 0.5) is 0 Å². The Morgan fingerprint density at radius 1 is 1.03 bits per heavy atom. The second-order valence-corrected chi connectivity index (χ2v) is 9.28. The van der Waals surface area contributed by atoms with Crippen molar-refractivity contribution in [2.24, 2.45) is 5.92 Å². The molecule has 1 aromatic carbocycles. The number of hydrogen-bond acceptors (Lipinski definition) is 5. The Kier molecular flexibility index (Phi) is 7.92. The Morgan fingerprint density at radius 2 is 1.80 bits per heavy atom. The molecule has 162 valence electrons. The van der Waals surface area contributed by atoms with Crippen LogP contribution in [-0.2, 0) is 22.6 Å². The summed E-state index contributed by atoms with van der Waals surface area (Å²) in [7, 11) is 0. The molecule has 2 aromatic rings. The summed E-state index contributed by atoms with van der Waals surface area (Å²) in [6.45, 7) is 8.60. The summed E-state index contributed by atoms with van der Waals surface area (Å²) in [6.07, 6.45) is 2.20. The minimum atomic E-state index is 0.271. The SMILES string of the molecule is O=C(CN(Cc1ccccc1)CC1CCOCC1)N1CCN(Cc2ccsc2)CC1. The van der Waals surface area contributed by atoms with E-state index in [1.807, 2.05) is 6.07 Å². The lowest BCUT2D eigenvalue weighted by molar-refractivity contribution is -0.134. The van der Waals surface area contributed by atoms with Gasteiger partial charge in [-0.1, -0.05) is 30.3 Å². The molecule has 6 heteroatoms. The van der Waals surface area contributed by atoms with Crippen LogP contribution in [0.15, 0.2) is 47.2 Å². The molecule has 2 aliphatic rings. The van der Waals surface area contributed by atoms with Gasteiger partial charge in [0.25, 0.3) is 0 Å². The van der Waals surface area contributed by atoms with Crippen LogP contribution in [0.25, 0.3) is 0 Å². The molecule has 0 saturated carbocycles. The minimum Gasteiger partial charge on any atom is -0.381 e. The van der Waals surface area contributed by atoms with Crippen molar-refractivity contribution in [1.82, 2.24) is 14.7 Å². The van der Waals surface area contributed by atoms with Crippen molar-refractivity contribution in [2.75, 3.05) is 52.5 Å². The monoisotopic (exact) mass is 427 g/mol. The largest absolute Gasteiger partial charge is 0.381 e. The van der Waals surface area contributed by atoms with Crippen molar-refractivity contribution in [1.29, 1.82) is 0 Å². The van der Waals surface area contributed by atoms with E-state index in [1.54, 1.807) is 11.3 Å². The molecule has 0 radical (unpaired) electrons. The number of hydrogen-bond donors (Lipinski definition) is 0. The lowest BCUT2D eigenvalue weighted by atomic mass is 9.99. The molecule has 30 heavy (non-hydrogen) atoms. The highest BCUT2D eigenvalue weighted by Crippen LogP contribution is 2.18. The highest BCUT2D eigenvalue weighted by molar-refractivity contribution is 7.07. The van der Waals surface area contributed by atoms with E-state index in [0.717, 1.165) is 71.9 Å². The number of thiophene rings is 1. The summed E-state index contributed by atoms with van der Waals surface area (Å²) < 4.78 is 5.53. The Labute approximate surface area is 184 Å². The van der Waals surface area contributed by atoms with Crippen molar-refractivity contribution >= 4 is 17.2 Å². The van der Waals surface area contributed by atoms with Crippen LogP contribution in [-0.4, -0.2) is 73.1 Å². The molecule has 3 heterocycles. The van der Waals surface area contributed by atoms with Gasteiger partial charge in [-0.3, -0.25) is 14.6 Å². The topological polar surface area (TPSA) is 36.0 Å². The van der Waals surface area contributed by atoms with Crippen LogP contribution >= 0.6 is 11.3 Å². The third-order valence-electron chi connectivity index (χ3n) is 6.18. The number of carbonyl (C=O) groups is 1. The maximum Gasteiger partial charge on any atom is 0.236 e. The summed E-state index contributed by atoms with van der Waals surface area (Å²) in [6, 6.07) is 12.7. The molecule has 0 N–H and O–H groups in total. The van der Waals surface area contributed by atoms with Crippen LogP contribution in [0.5, 0.6) is 0 Å². The quantitative estimate of drug-likeness (QED) is 0.648. The van der Waals surface area contributed by atoms with Gasteiger partial charge in [-0.15, -0.1) is 0 Å². The zero-order chi connectivity index (χ0) is 20.6. The lowest BCUT2D eigenvalue weighted by Gasteiger charge is -2.36. The van der Waals surface area contributed by atoms with Crippen molar-refractivity contribution < 1.29 is 9.53 Å². The highest BCUT2D eigenvalue weighted by Gasteiger charge is 2.25. The fourth-order valence-corrected chi connectivity index (χ4v) is 5.07. The first-order chi connectivity index (χ1) is 14.8. The van der Waals surface area contributed by atoms with Crippen LogP contribution in [0.3, 0.4) is 0 Å². The van der Waals surface area contributed by atoms with Crippen molar-refractivity contribution in [3.8, 4) is 0 Å². The molecule has 1 aromatic heterocycles. The second-order valence-electron chi connectivity index (χ2n) is 8.50. The molecule has 0 spiro atoms. The van der Waals surface area contributed by atoms with Crippen molar-refractivity contribution in [3.05, 3.63) is 58.3 Å². The maximum absolute atomic E-state index is 13.1. The van der Waals surface area contributed by atoms with E-state index < -0.39 is 0 Å². The Morgan fingerprint density at radius 3 is 2.50 bits per heavy atom. The predicted molar refractivity (Wildman–Crippen MR) is 121 cm³/mol. The van der Waals surface area contributed by atoms with E-state index in [1.165, 1.54) is 11.1 Å². The van der Waals surface area contributed by atoms with Gasteiger partial charge in [-0.05, 0) is 46.7 Å². The summed E-state index contributed by atoms with van der Waals surface area (Å²) in [5.74, 6) is 0.894. The Hall–Kier alpha value is -1.73. The third-order valence-corrected chi connectivity index (χ3v) is 6.91. The van der Waals surface area contributed by atoms with Gasteiger partial charge in [0.05, 0.1) is 6.54 Å². The number of benzene rings is 1. The number of ether oxygens (including phenoxy) is 1. The fraction of sp³-hybridized carbons (Fsp3) is 0.542. The van der Waals surface area contributed by atoms with Gasteiger partial charge in [0.1, 0.15) is 0 Å². The molecule has 5 nitrogen and oxygen atoms in total. The summed E-state index contributed by atoms with van der Waals surface area (Å²) >= 11 is 1.75. The van der Waals surface area contributed by atoms with Crippen LogP contribution in [0, 0.1) is 5.92 Å². The van der Waals surface area contributed by atoms with Gasteiger partial charge in [0, 0.05) is 59.0 Å². The molecule has 4 rings (SSSR count). The van der Waals surface area contributed by atoms with Crippen molar-refractivity contribution in [2.45, 2.75) is 25.9 Å². The first-order valence-corrected chi connectivity index (χ1v) is 12.1. The van der Waals surface area contributed by atoms with Gasteiger partial charge >= 0.3 is 0 Å². The summed E-state index contributed by atoms with van der Waals surface area (Å²) in [4.78, 5) is 20.0. The third kappa shape index (κ3) is 6.38. The maximum atomic E-state index is 13.1. The number of amides is 1. The van der Waals surface area contributed by atoms with E-state index in [-0.39, 0.29) is 5.91 Å². The normalized spacial score (nSPS) is 18.8. The zero-order valence-electron chi connectivity index (χ0n) is 17.7.